The number of carbonyl (C=O) groups is 2. The molecule has 1 aliphatic rings. The van der Waals surface area contributed by atoms with Gasteiger partial charge in [0.25, 0.3) is 11.8 Å². The second-order valence-corrected chi connectivity index (χ2v) is 8.74. The number of pyridine rings is 2. The van der Waals surface area contributed by atoms with E-state index in [1.165, 1.54) is 23.7 Å². The summed E-state index contributed by atoms with van der Waals surface area (Å²) in [5.74, 6) is -1.74. The highest BCUT2D eigenvalue weighted by atomic mass is 32.1. The van der Waals surface area contributed by atoms with Crippen LogP contribution in [0.5, 0.6) is 0 Å². The number of amides is 2. The third kappa shape index (κ3) is 5.44. The van der Waals surface area contributed by atoms with Crippen molar-refractivity contribution in [3.63, 3.8) is 0 Å². The van der Waals surface area contributed by atoms with Crippen molar-refractivity contribution in [3.05, 3.63) is 58.3 Å². The number of hydrogen-bond acceptors (Lipinski definition) is 8. The maximum Gasteiger partial charge on any atom is 0.265 e. The molecule has 3 aromatic rings. The third-order valence-corrected chi connectivity index (χ3v) is 6.26. The number of aromatic nitrogens is 2. The largest absolute Gasteiger partial charge is 0.365 e. The maximum atomic E-state index is 14.7. The summed E-state index contributed by atoms with van der Waals surface area (Å²) in [5.41, 5.74) is 12.4. The SMILES string of the molecule is NC(=O)c1cc(F)c(NC2CCCC[C@@H]2N)nc1Nc1cncc(NC(=O)c2cccs2)c1. The van der Waals surface area contributed by atoms with E-state index in [4.69, 9.17) is 11.5 Å². The second-order valence-electron chi connectivity index (χ2n) is 7.80. The Kier molecular flexibility index (Phi) is 6.80. The number of rotatable bonds is 7. The van der Waals surface area contributed by atoms with Gasteiger partial charge in [-0.2, -0.15) is 0 Å². The topological polar surface area (TPSA) is 148 Å². The Morgan fingerprint density at radius 3 is 2.64 bits per heavy atom. The Labute approximate surface area is 193 Å². The molecule has 0 spiro atoms. The highest BCUT2D eigenvalue weighted by Gasteiger charge is 2.24. The summed E-state index contributed by atoms with van der Waals surface area (Å²) in [6, 6.07) is 5.94. The van der Waals surface area contributed by atoms with Gasteiger partial charge in [-0.3, -0.25) is 14.6 Å². The van der Waals surface area contributed by atoms with Crippen LogP contribution in [0.25, 0.3) is 0 Å². The standard InChI is InChI=1S/C22H24FN7O2S/c23-15-9-14(19(25)31)20(30-21(15)29-17-5-2-1-4-16(17)24)27-12-8-13(11-26-10-12)28-22(32)18-6-3-7-33-18/h3,6-11,16-17H,1-2,4-5,24H2,(H2,25,31)(H,28,32)(H2,27,29,30)/t16-,17?/m0/s1. The van der Waals surface area contributed by atoms with E-state index in [9.17, 15) is 14.0 Å². The van der Waals surface area contributed by atoms with Crippen LogP contribution in [0.2, 0.25) is 0 Å². The molecule has 9 nitrogen and oxygen atoms in total. The van der Waals surface area contributed by atoms with Crippen LogP contribution in [0.4, 0.5) is 27.4 Å². The molecule has 1 fully saturated rings. The molecule has 1 saturated carbocycles. The van der Waals surface area contributed by atoms with Crippen LogP contribution in [0.1, 0.15) is 45.7 Å². The van der Waals surface area contributed by atoms with Crippen molar-refractivity contribution in [1.82, 2.24) is 9.97 Å². The minimum Gasteiger partial charge on any atom is -0.365 e. The molecule has 4 rings (SSSR count). The Morgan fingerprint density at radius 2 is 1.91 bits per heavy atom. The van der Waals surface area contributed by atoms with Crippen molar-refractivity contribution in [2.45, 2.75) is 37.8 Å². The zero-order valence-corrected chi connectivity index (χ0v) is 18.5. The van der Waals surface area contributed by atoms with Crippen LogP contribution in [-0.2, 0) is 0 Å². The average Bonchev–Trinajstić information content (AvgIpc) is 3.33. The zero-order chi connectivity index (χ0) is 23.4. The Morgan fingerprint density at radius 1 is 1.12 bits per heavy atom. The van der Waals surface area contributed by atoms with Crippen molar-refractivity contribution in [3.8, 4) is 0 Å². The highest BCUT2D eigenvalue weighted by molar-refractivity contribution is 7.12. The van der Waals surface area contributed by atoms with Crippen LogP contribution in [-0.4, -0.2) is 33.9 Å². The molecule has 2 atom stereocenters. The van der Waals surface area contributed by atoms with Gasteiger partial charge in [-0.05, 0) is 36.4 Å². The lowest BCUT2D eigenvalue weighted by molar-refractivity contribution is 0.0998. The monoisotopic (exact) mass is 469 g/mol. The number of anilines is 4. The van der Waals surface area contributed by atoms with Gasteiger partial charge < -0.3 is 27.4 Å². The fraction of sp³-hybridized carbons (Fsp3) is 0.273. The molecule has 0 bridgehead atoms. The van der Waals surface area contributed by atoms with E-state index in [1.54, 1.807) is 18.2 Å². The van der Waals surface area contributed by atoms with Gasteiger partial charge in [-0.15, -0.1) is 11.3 Å². The second kappa shape index (κ2) is 9.92. The molecular weight excluding hydrogens is 445 g/mol. The zero-order valence-electron chi connectivity index (χ0n) is 17.7. The van der Waals surface area contributed by atoms with Crippen LogP contribution in [0, 0.1) is 5.82 Å². The normalized spacial score (nSPS) is 17.9. The molecule has 0 radical (unpaired) electrons. The Balaban J connectivity index is 1.57. The first-order valence-corrected chi connectivity index (χ1v) is 11.4. The third-order valence-electron chi connectivity index (χ3n) is 5.39. The first-order chi connectivity index (χ1) is 15.9. The van der Waals surface area contributed by atoms with Crippen molar-refractivity contribution in [2.75, 3.05) is 16.0 Å². The van der Waals surface area contributed by atoms with Crippen molar-refractivity contribution in [2.24, 2.45) is 11.5 Å². The molecule has 172 valence electrons. The van der Waals surface area contributed by atoms with Gasteiger partial charge in [0.05, 0.1) is 34.2 Å². The number of primary amides is 1. The van der Waals surface area contributed by atoms with Gasteiger partial charge in [-0.1, -0.05) is 18.9 Å². The lowest BCUT2D eigenvalue weighted by atomic mass is 9.91. The smallest absolute Gasteiger partial charge is 0.265 e. The van der Waals surface area contributed by atoms with Gasteiger partial charge in [0.15, 0.2) is 11.6 Å². The van der Waals surface area contributed by atoms with Crippen molar-refractivity contribution in [1.29, 1.82) is 0 Å². The van der Waals surface area contributed by atoms with Crippen LogP contribution < -0.4 is 27.4 Å². The van der Waals surface area contributed by atoms with E-state index in [0.717, 1.165) is 31.7 Å². The van der Waals surface area contributed by atoms with Gasteiger partial charge in [0, 0.05) is 12.1 Å². The van der Waals surface area contributed by atoms with Gasteiger partial charge >= 0.3 is 0 Å². The lowest BCUT2D eigenvalue weighted by Gasteiger charge is -2.30. The number of thiophene rings is 1. The van der Waals surface area contributed by atoms with E-state index < -0.39 is 11.7 Å². The predicted octanol–water partition coefficient (Wildman–Crippen LogP) is 3.45. The number of nitrogens with two attached hydrogens (primary N) is 2. The number of halogens is 1. The van der Waals surface area contributed by atoms with Crippen molar-refractivity contribution < 1.29 is 14.0 Å². The van der Waals surface area contributed by atoms with E-state index in [2.05, 4.69) is 25.9 Å². The number of hydrogen-bond donors (Lipinski definition) is 5. The van der Waals surface area contributed by atoms with E-state index in [-0.39, 0.29) is 35.2 Å². The molecule has 0 aliphatic heterocycles. The summed E-state index contributed by atoms with van der Waals surface area (Å²) < 4.78 is 14.7. The fourth-order valence-electron chi connectivity index (χ4n) is 3.70. The van der Waals surface area contributed by atoms with Crippen molar-refractivity contribution >= 4 is 46.2 Å². The quantitative estimate of drug-likeness (QED) is 0.356. The van der Waals surface area contributed by atoms with E-state index in [0.29, 0.717) is 16.3 Å². The van der Waals surface area contributed by atoms with Gasteiger partial charge in [0.2, 0.25) is 0 Å². The minimum absolute atomic E-state index is 0.0139. The molecule has 1 aliphatic carbocycles. The number of carbonyl (C=O) groups excluding carboxylic acids is 2. The Hall–Kier alpha value is -3.57. The summed E-state index contributed by atoms with van der Waals surface area (Å²) in [4.78, 5) is 33.2. The van der Waals surface area contributed by atoms with Crippen LogP contribution in [0.15, 0.2) is 42.0 Å². The van der Waals surface area contributed by atoms with E-state index >= 15 is 0 Å². The maximum absolute atomic E-state index is 14.7. The molecular formula is C22H24FN7O2S. The molecule has 3 aromatic heterocycles. The molecule has 2 amide bonds. The molecule has 33 heavy (non-hydrogen) atoms. The van der Waals surface area contributed by atoms with E-state index in [1.807, 2.05) is 5.38 Å². The molecule has 0 saturated heterocycles. The predicted molar refractivity (Wildman–Crippen MR) is 126 cm³/mol. The van der Waals surface area contributed by atoms with Crippen LogP contribution >= 0.6 is 11.3 Å². The summed E-state index contributed by atoms with van der Waals surface area (Å²) in [6.07, 6.45) is 6.65. The highest BCUT2D eigenvalue weighted by Crippen LogP contribution is 2.27. The number of nitrogens with one attached hydrogen (secondary N) is 3. The fourth-order valence-corrected chi connectivity index (χ4v) is 4.32. The summed E-state index contributed by atoms with van der Waals surface area (Å²) >= 11 is 1.32. The molecule has 0 aromatic carbocycles. The summed E-state index contributed by atoms with van der Waals surface area (Å²) in [6.45, 7) is 0. The summed E-state index contributed by atoms with van der Waals surface area (Å²) in [7, 11) is 0. The lowest BCUT2D eigenvalue weighted by Crippen LogP contribution is -2.43. The Bertz CT molecular complexity index is 1160. The van der Waals surface area contributed by atoms with Crippen LogP contribution in [0.3, 0.4) is 0 Å². The molecule has 7 N–H and O–H groups in total. The summed E-state index contributed by atoms with van der Waals surface area (Å²) in [5, 5.41) is 10.6. The first-order valence-electron chi connectivity index (χ1n) is 10.5. The molecule has 3 heterocycles. The van der Waals surface area contributed by atoms with Gasteiger partial charge in [0.1, 0.15) is 5.82 Å². The molecule has 1 unspecified atom stereocenters. The minimum atomic E-state index is -0.833. The molecule has 11 heteroatoms. The number of nitrogens with zero attached hydrogens (tertiary/aromatic N) is 2. The van der Waals surface area contributed by atoms with Gasteiger partial charge in [-0.25, -0.2) is 9.37 Å². The average molecular weight is 470 g/mol. The first kappa shape index (κ1) is 22.6.